The Hall–Kier alpha value is -1.96. The van der Waals surface area contributed by atoms with Crippen molar-refractivity contribution in [2.45, 2.75) is 44.6 Å². The maximum Gasteiger partial charge on any atom is 0.408 e. The number of carbonyl (C=O) groups excluding carboxylic acids is 1. The van der Waals surface area contributed by atoms with Crippen LogP contribution in [0.3, 0.4) is 0 Å². The van der Waals surface area contributed by atoms with E-state index in [1.54, 1.807) is 60.7 Å². The second-order valence-electron chi connectivity index (χ2n) is 7.24. The highest BCUT2D eigenvalue weighted by atomic mass is 31.2. The Morgan fingerprint density at radius 2 is 1.50 bits per heavy atom. The lowest BCUT2D eigenvalue weighted by Gasteiger charge is -2.27. The number of halogens is 2. The number of ether oxygens (including phenoxy) is 2. The zero-order valence-corrected chi connectivity index (χ0v) is 17.5. The molecule has 30 heavy (non-hydrogen) atoms. The molecular weight excluding hydrogens is 417 g/mol. The second-order valence-corrected chi connectivity index (χ2v) is 9.31. The molecule has 6 nitrogen and oxygen atoms in total. The summed E-state index contributed by atoms with van der Waals surface area (Å²) in [5.41, 5.74) is -3.41. The molecule has 2 aromatic rings. The number of carbonyl (C=O) groups is 1. The van der Waals surface area contributed by atoms with Crippen molar-refractivity contribution in [3.63, 3.8) is 0 Å². The van der Waals surface area contributed by atoms with Crippen molar-refractivity contribution >= 4 is 13.4 Å². The minimum absolute atomic E-state index is 0.376. The summed E-state index contributed by atoms with van der Waals surface area (Å²) in [5, 5.41) is 0. The third-order valence-electron chi connectivity index (χ3n) is 4.43. The van der Waals surface area contributed by atoms with Gasteiger partial charge in [0, 0.05) is 0 Å². The quantitative estimate of drug-likeness (QED) is 0.515. The van der Waals surface area contributed by atoms with Crippen LogP contribution >= 0.6 is 7.60 Å². The Balaban J connectivity index is 1.82. The zero-order chi connectivity index (χ0) is 21.8. The standard InChI is InChI=1S/C21H23F2O6P/c1-20(2)26-15-18(29-20)19(24)21(22,23)30(25,27-13-16-9-5-3-6-10-16)28-14-17-11-7-4-8-12-17/h3-12,18H,13-15H2,1-2H3/t18-/m0/s1. The predicted octanol–water partition coefficient (Wildman–Crippen LogP) is 4.93. The van der Waals surface area contributed by atoms with Gasteiger partial charge in [0.15, 0.2) is 5.79 Å². The normalized spacial score (nSPS) is 19.0. The van der Waals surface area contributed by atoms with Gasteiger partial charge in [-0.25, -0.2) is 0 Å². The van der Waals surface area contributed by atoms with Crippen molar-refractivity contribution in [2.24, 2.45) is 0 Å². The highest BCUT2D eigenvalue weighted by molar-refractivity contribution is 7.56. The molecule has 2 aromatic carbocycles. The lowest BCUT2D eigenvalue weighted by molar-refractivity contribution is -0.162. The first-order chi connectivity index (χ1) is 14.1. The van der Waals surface area contributed by atoms with Crippen molar-refractivity contribution in [3.05, 3.63) is 71.8 Å². The van der Waals surface area contributed by atoms with E-state index in [0.29, 0.717) is 11.1 Å². The van der Waals surface area contributed by atoms with Gasteiger partial charge in [0.2, 0.25) is 5.78 Å². The van der Waals surface area contributed by atoms with Gasteiger partial charge in [-0.15, -0.1) is 0 Å². The lowest BCUT2D eigenvalue weighted by Crippen LogP contribution is -2.40. The Labute approximate surface area is 173 Å². The molecular formula is C21H23F2O6P. The molecule has 0 N–H and O–H groups in total. The predicted molar refractivity (Wildman–Crippen MR) is 105 cm³/mol. The van der Waals surface area contributed by atoms with E-state index in [0.717, 1.165) is 0 Å². The van der Waals surface area contributed by atoms with Crippen molar-refractivity contribution in [1.29, 1.82) is 0 Å². The van der Waals surface area contributed by atoms with Gasteiger partial charge < -0.3 is 9.47 Å². The third kappa shape index (κ3) is 5.20. The second kappa shape index (κ2) is 9.04. The molecule has 1 saturated heterocycles. The van der Waals surface area contributed by atoms with Gasteiger partial charge in [-0.05, 0) is 25.0 Å². The topological polar surface area (TPSA) is 71.1 Å². The fraction of sp³-hybridized carbons (Fsp3) is 0.381. The molecule has 1 heterocycles. The van der Waals surface area contributed by atoms with E-state index in [1.807, 2.05) is 0 Å². The minimum atomic E-state index is -5.22. The molecule has 0 aliphatic carbocycles. The third-order valence-corrected chi connectivity index (χ3v) is 6.28. The Bertz CT molecular complexity index is 857. The first kappa shape index (κ1) is 22.7. The van der Waals surface area contributed by atoms with Crippen molar-refractivity contribution in [1.82, 2.24) is 0 Å². The summed E-state index contributed by atoms with van der Waals surface area (Å²) < 4.78 is 64.2. The van der Waals surface area contributed by atoms with Crippen LogP contribution in [0.25, 0.3) is 0 Å². The Morgan fingerprint density at radius 3 is 1.90 bits per heavy atom. The van der Waals surface area contributed by atoms with E-state index in [2.05, 4.69) is 0 Å². The van der Waals surface area contributed by atoms with E-state index < -0.39 is 44.1 Å². The monoisotopic (exact) mass is 440 g/mol. The summed E-state index contributed by atoms with van der Waals surface area (Å²) in [7, 11) is -5.22. The van der Waals surface area contributed by atoms with E-state index >= 15 is 8.78 Å². The molecule has 0 amide bonds. The van der Waals surface area contributed by atoms with Crippen LogP contribution in [0.15, 0.2) is 60.7 Å². The molecule has 3 rings (SSSR count). The fourth-order valence-electron chi connectivity index (χ4n) is 2.81. The minimum Gasteiger partial charge on any atom is -0.347 e. The molecule has 9 heteroatoms. The van der Waals surface area contributed by atoms with Gasteiger partial charge in [0.05, 0.1) is 19.8 Å². The van der Waals surface area contributed by atoms with Crippen LogP contribution in [0.5, 0.6) is 0 Å². The maximum absolute atomic E-state index is 15.2. The van der Waals surface area contributed by atoms with Gasteiger partial charge in [-0.1, -0.05) is 60.7 Å². The van der Waals surface area contributed by atoms with Crippen LogP contribution in [0.1, 0.15) is 25.0 Å². The SMILES string of the molecule is CC1(C)OC[C@@H](C(=O)C(F)(F)P(=O)(OCc2ccccc2)OCc2ccccc2)O1. The molecule has 1 fully saturated rings. The molecule has 0 unspecified atom stereocenters. The molecule has 0 aromatic heterocycles. The van der Waals surface area contributed by atoms with E-state index in [4.69, 9.17) is 18.5 Å². The summed E-state index contributed by atoms with van der Waals surface area (Å²) >= 11 is 0. The molecule has 0 spiro atoms. The fourth-order valence-corrected chi connectivity index (χ4v) is 4.26. The number of Topliss-reactive ketones (excluding diaryl/α,β-unsaturated/α-hetero) is 1. The molecule has 1 atom stereocenters. The largest absolute Gasteiger partial charge is 0.408 e. The highest BCUT2D eigenvalue weighted by Crippen LogP contribution is 2.63. The number of rotatable bonds is 9. The first-order valence-corrected chi connectivity index (χ1v) is 10.9. The number of alkyl halides is 2. The van der Waals surface area contributed by atoms with Gasteiger partial charge in [0.25, 0.3) is 0 Å². The number of hydrogen-bond acceptors (Lipinski definition) is 6. The maximum atomic E-state index is 15.2. The van der Waals surface area contributed by atoms with Crippen LogP contribution in [-0.4, -0.2) is 29.9 Å². The van der Waals surface area contributed by atoms with Gasteiger partial charge in [-0.3, -0.25) is 18.4 Å². The molecule has 0 bridgehead atoms. The number of hydrogen-bond donors (Lipinski definition) is 0. The Morgan fingerprint density at radius 1 is 1.03 bits per heavy atom. The summed E-state index contributed by atoms with van der Waals surface area (Å²) in [6.07, 6.45) is -1.58. The van der Waals surface area contributed by atoms with E-state index in [9.17, 15) is 9.36 Å². The van der Waals surface area contributed by atoms with Crippen LogP contribution in [0, 0.1) is 0 Å². The molecule has 162 valence electrons. The van der Waals surface area contributed by atoms with Gasteiger partial charge in [-0.2, -0.15) is 8.78 Å². The molecule has 1 aliphatic heterocycles. The van der Waals surface area contributed by atoms with E-state index in [-0.39, 0.29) is 6.61 Å². The van der Waals surface area contributed by atoms with Crippen molar-refractivity contribution in [3.8, 4) is 0 Å². The molecule has 0 radical (unpaired) electrons. The van der Waals surface area contributed by atoms with Crippen LogP contribution in [0.2, 0.25) is 0 Å². The summed E-state index contributed by atoms with van der Waals surface area (Å²) in [6, 6.07) is 16.7. The first-order valence-electron chi connectivity index (χ1n) is 9.34. The average molecular weight is 440 g/mol. The zero-order valence-electron chi connectivity index (χ0n) is 16.6. The van der Waals surface area contributed by atoms with Crippen LogP contribution in [-0.2, 0) is 41.1 Å². The summed E-state index contributed by atoms with van der Waals surface area (Å²) in [4.78, 5) is 12.5. The van der Waals surface area contributed by atoms with Gasteiger partial charge >= 0.3 is 13.3 Å². The average Bonchev–Trinajstić information content (AvgIpc) is 3.11. The number of ketones is 1. The lowest BCUT2D eigenvalue weighted by atomic mass is 10.2. The van der Waals surface area contributed by atoms with Crippen LogP contribution in [0.4, 0.5) is 8.78 Å². The Kier molecular flexibility index (Phi) is 6.84. The van der Waals surface area contributed by atoms with E-state index in [1.165, 1.54) is 13.8 Å². The highest BCUT2D eigenvalue weighted by Gasteiger charge is 2.63. The van der Waals surface area contributed by atoms with Crippen molar-refractivity contribution < 1.29 is 36.7 Å². The number of benzene rings is 2. The smallest absolute Gasteiger partial charge is 0.347 e. The van der Waals surface area contributed by atoms with Crippen LogP contribution < -0.4 is 0 Å². The molecule has 1 aliphatic rings. The van der Waals surface area contributed by atoms with Crippen molar-refractivity contribution in [2.75, 3.05) is 6.61 Å². The molecule has 0 saturated carbocycles. The summed E-state index contributed by atoms with van der Waals surface area (Å²) in [5.74, 6) is -2.89. The summed E-state index contributed by atoms with van der Waals surface area (Å²) in [6.45, 7) is 1.79. The van der Waals surface area contributed by atoms with Gasteiger partial charge in [0.1, 0.15) is 6.10 Å².